The van der Waals surface area contributed by atoms with Crippen LogP contribution in [0.15, 0.2) is 24.3 Å². The molecule has 0 saturated carbocycles. The van der Waals surface area contributed by atoms with Gasteiger partial charge in [-0.05, 0) is 69.1 Å². The van der Waals surface area contributed by atoms with Crippen molar-refractivity contribution in [2.45, 2.75) is 51.0 Å². The van der Waals surface area contributed by atoms with Gasteiger partial charge >= 0.3 is 0 Å². The summed E-state index contributed by atoms with van der Waals surface area (Å²) < 4.78 is 5.27. The van der Waals surface area contributed by atoms with Crippen molar-refractivity contribution in [1.29, 1.82) is 0 Å². The summed E-state index contributed by atoms with van der Waals surface area (Å²) in [4.78, 5) is 30.5. The number of H-pyrrole nitrogens is 1. The molecule has 3 aliphatic rings. The lowest BCUT2D eigenvalue weighted by Gasteiger charge is -2.47. The summed E-state index contributed by atoms with van der Waals surface area (Å²) in [6, 6.07) is 7.53. The Hall–Kier alpha value is -2.83. The van der Waals surface area contributed by atoms with Crippen molar-refractivity contribution in [2.24, 2.45) is 5.92 Å². The average molecular weight is 423 g/mol. The number of carbonyl (C=O) groups is 2. The third kappa shape index (κ3) is 3.70. The van der Waals surface area contributed by atoms with Crippen molar-refractivity contribution in [3.8, 4) is 5.75 Å². The lowest BCUT2D eigenvalue weighted by Crippen LogP contribution is -2.56. The molecule has 2 atom stereocenters. The van der Waals surface area contributed by atoms with Crippen molar-refractivity contribution < 1.29 is 14.3 Å². The molecule has 1 N–H and O–H groups in total. The summed E-state index contributed by atoms with van der Waals surface area (Å²) in [7, 11) is 1.61. The molecule has 2 aromatic rings. The Balaban J connectivity index is 1.30. The van der Waals surface area contributed by atoms with Crippen molar-refractivity contribution in [3.63, 3.8) is 0 Å². The van der Waals surface area contributed by atoms with Crippen LogP contribution in [-0.4, -0.2) is 64.6 Å². The standard InChI is InChI=1S/C24H30N4O3/c1-31-18-8-4-6-16(14-18)23(29)27-13-11-21-17(15-27)7-5-12-28(21)24(30)22-19-9-2-3-10-20(19)25-26-22/h4,6,8,14,17,21H,2-3,5,7,9-13,15H2,1H3,(H,25,26)/t17-,21-/m1/s1. The molecule has 3 heterocycles. The molecule has 0 unspecified atom stereocenters. The fourth-order valence-electron chi connectivity index (χ4n) is 5.57. The molecular formula is C24H30N4O3. The van der Waals surface area contributed by atoms with Gasteiger partial charge < -0.3 is 14.5 Å². The summed E-state index contributed by atoms with van der Waals surface area (Å²) >= 11 is 0. The summed E-state index contributed by atoms with van der Waals surface area (Å²) in [6.45, 7) is 2.15. The zero-order valence-electron chi connectivity index (χ0n) is 18.1. The lowest BCUT2D eigenvalue weighted by atomic mass is 9.83. The molecule has 7 heteroatoms. The predicted octanol–water partition coefficient (Wildman–Crippen LogP) is 3.06. The third-order valence-electron chi connectivity index (χ3n) is 7.19. The normalized spacial score (nSPS) is 23.1. The van der Waals surface area contributed by atoms with Gasteiger partial charge in [0.2, 0.25) is 0 Å². The average Bonchev–Trinajstić information content (AvgIpc) is 3.26. The smallest absolute Gasteiger partial charge is 0.274 e. The Labute approximate surface area is 182 Å². The van der Waals surface area contributed by atoms with Crippen LogP contribution in [0.2, 0.25) is 0 Å². The summed E-state index contributed by atoms with van der Waals surface area (Å²) in [5.41, 5.74) is 3.56. The molecule has 2 aliphatic heterocycles. The number of likely N-dealkylation sites (tertiary alicyclic amines) is 2. The predicted molar refractivity (Wildman–Crippen MR) is 116 cm³/mol. The number of piperidine rings is 2. The van der Waals surface area contributed by atoms with E-state index in [1.54, 1.807) is 13.2 Å². The van der Waals surface area contributed by atoms with Gasteiger partial charge in [0, 0.05) is 42.5 Å². The Kier molecular flexibility index (Phi) is 5.42. The summed E-state index contributed by atoms with van der Waals surface area (Å²) in [5.74, 6) is 1.12. The van der Waals surface area contributed by atoms with Crippen LogP contribution < -0.4 is 4.74 Å². The molecule has 2 fully saturated rings. The van der Waals surface area contributed by atoms with Crippen molar-refractivity contribution in [1.82, 2.24) is 20.0 Å². The van der Waals surface area contributed by atoms with Crippen LogP contribution in [0.3, 0.4) is 0 Å². The molecule has 5 rings (SSSR count). The van der Waals surface area contributed by atoms with Crippen molar-refractivity contribution in [3.05, 3.63) is 46.8 Å². The first kappa shape index (κ1) is 20.1. The van der Waals surface area contributed by atoms with E-state index >= 15 is 0 Å². The molecule has 31 heavy (non-hydrogen) atoms. The summed E-state index contributed by atoms with van der Waals surface area (Å²) in [6.07, 6.45) is 7.06. The first-order valence-corrected chi connectivity index (χ1v) is 11.5. The highest BCUT2D eigenvalue weighted by atomic mass is 16.5. The number of benzene rings is 1. The van der Waals surface area contributed by atoms with Crippen LogP contribution in [0.25, 0.3) is 0 Å². The Bertz CT molecular complexity index is 985. The number of aromatic amines is 1. The SMILES string of the molecule is COc1cccc(C(=O)N2CC[C@@H]3[C@H](CCCN3C(=O)c3n[nH]c4c3CCCC4)C2)c1. The van der Waals surface area contributed by atoms with E-state index in [0.29, 0.717) is 36.0 Å². The minimum atomic E-state index is 0.0437. The molecular weight excluding hydrogens is 392 g/mol. The van der Waals surface area contributed by atoms with Gasteiger partial charge in [0.1, 0.15) is 5.75 Å². The van der Waals surface area contributed by atoms with Crippen LogP contribution in [0.4, 0.5) is 0 Å². The van der Waals surface area contributed by atoms with Crippen LogP contribution in [0, 0.1) is 5.92 Å². The number of ether oxygens (including phenoxy) is 1. The fourth-order valence-corrected chi connectivity index (χ4v) is 5.57. The maximum Gasteiger partial charge on any atom is 0.274 e. The van der Waals surface area contributed by atoms with E-state index in [4.69, 9.17) is 4.74 Å². The third-order valence-corrected chi connectivity index (χ3v) is 7.19. The van der Waals surface area contributed by atoms with E-state index in [-0.39, 0.29) is 17.9 Å². The zero-order valence-corrected chi connectivity index (χ0v) is 18.1. The van der Waals surface area contributed by atoms with E-state index in [1.165, 1.54) is 0 Å². The second-order valence-corrected chi connectivity index (χ2v) is 8.98. The maximum atomic E-state index is 13.4. The van der Waals surface area contributed by atoms with Crippen LogP contribution in [0.1, 0.15) is 64.2 Å². The number of nitrogens with zero attached hydrogens (tertiary/aromatic N) is 3. The number of amides is 2. The van der Waals surface area contributed by atoms with E-state index < -0.39 is 0 Å². The number of carbonyl (C=O) groups excluding carboxylic acids is 2. The second-order valence-electron chi connectivity index (χ2n) is 8.98. The molecule has 7 nitrogen and oxygen atoms in total. The summed E-state index contributed by atoms with van der Waals surface area (Å²) in [5, 5.41) is 7.52. The van der Waals surface area contributed by atoms with Gasteiger partial charge in [0.05, 0.1) is 7.11 Å². The Morgan fingerprint density at radius 3 is 2.84 bits per heavy atom. The van der Waals surface area contributed by atoms with Crippen molar-refractivity contribution in [2.75, 3.05) is 26.7 Å². The quantitative estimate of drug-likeness (QED) is 0.825. The van der Waals surface area contributed by atoms with Crippen LogP contribution in [0.5, 0.6) is 5.75 Å². The van der Waals surface area contributed by atoms with Crippen LogP contribution in [-0.2, 0) is 12.8 Å². The van der Waals surface area contributed by atoms with E-state index in [0.717, 1.165) is 62.7 Å². The number of hydrogen-bond acceptors (Lipinski definition) is 4. The largest absolute Gasteiger partial charge is 0.497 e. The van der Waals surface area contributed by atoms with E-state index in [2.05, 4.69) is 10.2 Å². The molecule has 1 aliphatic carbocycles. The van der Waals surface area contributed by atoms with Gasteiger partial charge in [0.15, 0.2) is 5.69 Å². The second kappa shape index (κ2) is 8.36. The zero-order chi connectivity index (χ0) is 21.4. The highest BCUT2D eigenvalue weighted by Crippen LogP contribution is 2.33. The number of rotatable bonds is 3. The van der Waals surface area contributed by atoms with Gasteiger partial charge in [-0.2, -0.15) is 5.10 Å². The molecule has 2 amide bonds. The van der Waals surface area contributed by atoms with Gasteiger partial charge in [0.25, 0.3) is 11.8 Å². The molecule has 0 radical (unpaired) electrons. The Morgan fingerprint density at radius 2 is 1.97 bits per heavy atom. The lowest BCUT2D eigenvalue weighted by molar-refractivity contribution is 0.0193. The number of nitrogens with one attached hydrogen (secondary N) is 1. The van der Waals surface area contributed by atoms with Gasteiger partial charge in [-0.1, -0.05) is 6.07 Å². The van der Waals surface area contributed by atoms with Gasteiger partial charge in [-0.15, -0.1) is 0 Å². The topological polar surface area (TPSA) is 78.5 Å². The van der Waals surface area contributed by atoms with Crippen LogP contribution >= 0.6 is 0 Å². The minimum absolute atomic E-state index is 0.0437. The molecule has 2 saturated heterocycles. The Morgan fingerprint density at radius 1 is 1.10 bits per heavy atom. The van der Waals surface area contributed by atoms with Crippen molar-refractivity contribution >= 4 is 11.8 Å². The highest BCUT2D eigenvalue weighted by molar-refractivity contribution is 5.95. The molecule has 0 spiro atoms. The number of methoxy groups -OCH3 is 1. The minimum Gasteiger partial charge on any atom is -0.497 e. The number of aryl methyl sites for hydroxylation is 1. The number of hydrogen-bond donors (Lipinski definition) is 1. The van der Waals surface area contributed by atoms with Gasteiger partial charge in [-0.3, -0.25) is 14.7 Å². The number of fused-ring (bicyclic) bond motifs is 2. The fraction of sp³-hybridized carbons (Fsp3) is 0.542. The van der Waals surface area contributed by atoms with E-state index in [1.807, 2.05) is 28.0 Å². The first-order chi connectivity index (χ1) is 15.2. The maximum absolute atomic E-state index is 13.4. The molecule has 1 aromatic carbocycles. The molecule has 164 valence electrons. The van der Waals surface area contributed by atoms with E-state index in [9.17, 15) is 9.59 Å². The first-order valence-electron chi connectivity index (χ1n) is 11.5. The monoisotopic (exact) mass is 422 g/mol. The van der Waals surface area contributed by atoms with Gasteiger partial charge in [-0.25, -0.2) is 0 Å². The molecule has 0 bridgehead atoms. The number of aromatic nitrogens is 2. The molecule has 1 aromatic heterocycles. The highest BCUT2D eigenvalue weighted by Gasteiger charge is 2.40.